The highest BCUT2D eigenvalue weighted by Gasteiger charge is 2.14. The fourth-order valence-corrected chi connectivity index (χ4v) is 4.22. The maximum atomic E-state index is 11.8. The average molecular weight is 473 g/mol. The number of hydrogen-bond acceptors (Lipinski definition) is 5. The summed E-state index contributed by atoms with van der Waals surface area (Å²) >= 11 is 0. The fourth-order valence-electron chi connectivity index (χ4n) is 4.22. The minimum absolute atomic E-state index is 0.0220. The summed E-state index contributed by atoms with van der Waals surface area (Å²) in [6.07, 6.45) is 4.02. The topological polar surface area (TPSA) is 90.4 Å². The number of aliphatic hydroxyl groups excluding tert-OH is 1. The van der Waals surface area contributed by atoms with Crippen molar-refractivity contribution in [1.82, 2.24) is 9.38 Å². The molecule has 0 aliphatic carbocycles. The van der Waals surface area contributed by atoms with Crippen molar-refractivity contribution in [2.75, 3.05) is 18.5 Å². The van der Waals surface area contributed by atoms with Gasteiger partial charge in [0.2, 0.25) is 0 Å². The Morgan fingerprint density at radius 2 is 1.69 bits per heavy atom. The molecule has 176 valence electrons. The van der Waals surface area contributed by atoms with Crippen LogP contribution in [0.15, 0.2) is 91.3 Å². The van der Waals surface area contributed by atoms with Gasteiger partial charge in [-0.1, -0.05) is 48.5 Å². The smallest absolute Gasteiger partial charge is 0.159 e. The monoisotopic (exact) mass is 472 g/mol. The first-order valence-electron chi connectivity index (χ1n) is 11.7. The maximum absolute atomic E-state index is 11.8. The first-order valence-corrected chi connectivity index (χ1v) is 11.7. The number of aliphatic hydroxyl groups is 1. The van der Waals surface area contributed by atoms with Gasteiger partial charge in [-0.2, -0.15) is 5.26 Å². The van der Waals surface area contributed by atoms with Crippen molar-refractivity contribution in [3.8, 4) is 39.6 Å². The quantitative estimate of drug-likeness (QED) is 0.292. The number of aromatic nitrogens is 2. The van der Waals surface area contributed by atoms with Crippen LogP contribution >= 0.6 is 0 Å². The number of carbonyl (C=O) groups is 1. The minimum Gasteiger partial charge on any atom is -0.395 e. The lowest BCUT2D eigenvalue weighted by atomic mass is 9.99. The van der Waals surface area contributed by atoms with Crippen LogP contribution in [0.4, 0.5) is 5.69 Å². The van der Waals surface area contributed by atoms with Crippen molar-refractivity contribution in [2.45, 2.75) is 6.92 Å². The van der Waals surface area contributed by atoms with Crippen molar-refractivity contribution in [3.05, 3.63) is 102 Å². The lowest BCUT2D eigenvalue weighted by Crippen LogP contribution is -2.04. The number of carbonyl (C=O) groups excluding carboxylic acids is 1. The summed E-state index contributed by atoms with van der Waals surface area (Å²) in [5, 5.41) is 21.6. The number of fused-ring (bicyclic) bond motifs is 1. The molecule has 0 saturated carbocycles. The molecule has 5 rings (SSSR count). The van der Waals surface area contributed by atoms with Crippen LogP contribution in [0.25, 0.3) is 39.2 Å². The second kappa shape index (κ2) is 9.87. The van der Waals surface area contributed by atoms with E-state index in [1.165, 1.54) is 0 Å². The van der Waals surface area contributed by atoms with Gasteiger partial charge in [0.15, 0.2) is 5.78 Å². The molecule has 2 heterocycles. The molecule has 0 spiro atoms. The van der Waals surface area contributed by atoms with E-state index in [1.54, 1.807) is 13.0 Å². The van der Waals surface area contributed by atoms with Crippen LogP contribution in [-0.2, 0) is 0 Å². The number of ketones is 1. The van der Waals surface area contributed by atoms with Gasteiger partial charge in [0.1, 0.15) is 5.65 Å². The van der Waals surface area contributed by atoms with Gasteiger partial charge in [0, 0.05) is 41.3 Å². The molecule has 0 amide bonds. The molecular weight excluding hydrogens is 448 g/mol. The number of benzene rings is 3. The summed E-state index contributed by atoms with van der Waals surface area (Å²) in [6.45, 7) is 2.13. The third kappa shape index (κ3) is 4.61. The van der Waals surface area contributed by atoms with Gasteiger partial charge in [-0.15, -0.1) is 0 Å². The Labute approximate surface area is 209 Å². The lowest BCUT2D eigenvalue weighted by molar-refractivity contribution is 0.101. The molecule has 2 N–H and O–H groups in total. The summed E-state index contributed by atoms with van der Waals surface area (Å²) in [5.41, 5.74) is 8.55. The normalized spacial score (nSPS) is 10.8. The number of rotatable bonds is 7. The van der Waals surface area contributed by atoms with E-state index in [-0.39, 0.29) is 12.4 Å². The van der Waals surface area contributed by atoms with E-state index in [9.17, 15) is 10.1 Å². The van der Waals surface area contributed by atoms with Crippen molar-refractivity contribution >= 4 is 17.1 Å². The number of nitriles is 1. The zero-order valence-corrected chi connectivity index (χ0v) is 19.8. The van der Waals surface area contributed by atoms with Gasteiger partial charge in [0.25, 0.3) is 0 Å². The Morgan fingerprint density at radius 1 is 0.944 bits per heavy atom. The summed E-state index contributed by atoms with van der Waals surface area (Å²) in [7, 11) is 0. The van der Waals surface area contributed by atoms with Crippen molar-refractivity contribution in [2.24, 2.45) is 0 Å². The van der Waals surface area contributed by atoms with E-state index in [4.69, 9.17) is 10.1 Å². The lowest BCUT2D eigenvalue weighted by Gasteiger charge is -2.10. The SMILES string of the molecule is CC(=O)c1ccc(-c2cc(-c3cccc(C#N)c3)cn3cc(-c4ccc(NCCO)cc4)nc23)cc1. The highest BCUT2D eigenvalue weighted by Crippen LogP contribution is 2.33. The molecule has 0 unspecified atom stereocenters. The van der Waals surface area contributed by atoms with E-state index in [2.05, 4.69) is 17.5 Å². The molecule has 0 aliphatic heterocycles. The summed E-state index contributed by atoms with van der Waals surface area (Å²) in [5.74, 6) is 0.0220. The number of nitrogens with one attached hydrogen (secondary N) is 1. The van der Waals surface area contributed by atoms with E-state index in [0.717, 1.165) is 44.8 Å². The Kier molecular flexibility index (Phi) is 6.31. The number of pyridine rings is 1. The Bertz CT molecular complexity index is 1590. The molecular formula is C30H24N4O2. The number of imidazole rings is 1. The molecule has 36 heavy (non-hydrogen) atoms. The summed E-state index contributed by atoms with van der Waals surface area (Å²) in [6, 6.07) is 27.3. The largest absolute Gasteiger partial charge is 0.395 e. The molecule has 6 heteroatoms. The van der Waals surface area contributed by atoms with E-state index < -0.39 is 0 Å². The van der Waals surface area contributed by atoms with E-state index in [1.807, 2.05) is 83.5 Å². The molecule has 2 aromatic heterocycles. The summed E-state index contributed by atoms with van der Waals surface area (Å²) in [4.78, 5) is 16.7. The Balaban J connectivity index is 1.65. The fraction of sp³-hybridized carbons (Fsp3) is 0.100. The molecule has 3 aromatic carbocycles. The van der Waals surface area contributed by atoms with Crippen LogP contribution in [-0.4, -0.2) is 33.4 Å². The first kappa shape index (κ1) is 23.0. The second-order valence-electron chi connectivity index (χ2n) is 8.55. The van der Waals surface area contributed by atoms with Crippen LogP contribution < -0.4 is 5.32 Å². The molecule has 0 radical (unpaired) electrons. The standard InChI is InChI=1S/C30H24N4O2/c1-20(36)22-5-7-23(8-6-22)28-16-26(25-4-2-3-21(15-25)17-31)18-34-19-29(33-30(28)34)24-9-11-27(12-10-24)32-13-14-35/h2-12,15-16,18-19,32,35H,13-14H2,1H3. The zero-order valence-electron chi connectivity index (χ0n) is 19.8. The van der Waals surface area contributed by atoms with Crippen LogP contribution in [0, 0.1) is 11.3 Å². The molecule has 0 atom stereocenters. The van der Waals surface area contributed by atoms with Crippen LogP contribution in [0.1, 0.15) is 22.8 Å². The third-order valence-corrected chi connectivity index (χ3v) is 6.10. The van der Waals surface area contributed by atoms with Gasteiger partial charge in [0.05, 0.1) is 23.9 Å². The number of hydrogen-bond donors (Lipinski definition) is 2. The molecule has 0 saturated heterocycles. The minimum atomic E-state index is 0.0220. The third-order valence-electron chi connectivity index (χ3n) is 6.10. The first-order chi connectivity index (χ1) is 17.6. The van der Waals surface area contributed by atoms with Crippen molar-refractivity contribution in [3.63, 3.8) is 0 Å². The van der Waals surface area contributed by atoms with Crippen LogP contribution in [0.3, 0.4) is 0 Å². The van der Waals surface area contributed by atoms with E-state index in [0.29, 0.717) is 17.7 Å². The molecule has 0 bridgehead atoms. The molecule has 0 aliphatic rings. The number of nitrogens with zero attached hydrogens (tertiary/aromatic N) is 3. The molecule has 5 aromatic rings. The van der Waals surface area contributed by atoms with E-state index >= 15 is 0 Å². The zero-order chi connectivity index (χ0) is 25.1. The molecule has 6 nitrogen and oxygen atoms in total. The summed E-state index contributed by atoms with van der Waals surface area (Å²) < 4.78 is 2.01. The predicted molar refractivity (Wildman–Crippen MR) is 142 cm³/mol. The Hall–Kier alpha value is -4.73. The maximum Gasteiger partial charge on any atom is 0.159 e. The Morgan fingerprint density at radius 3 is 2.39 bits per heavy atom. The van der Waals surface area contributed by atoms with Gasteiger partial charge in [-0.3, -0.25) is 4.79 Å². The predicted octanol–water partition coefficient (Wildman–Crippen LogP) is 5.81. The van der Waals surface area contributed by atoms with Crippen LogP contribution in [0.2, 0.25) is 0 Å². The van der Waals surface area contributed by atoms with Crippen LogP contribution in [0.5, 0.6) is 0 Å². The van der Waals surface area contributed by atoms with Gasteiger partial charge < -0.3 is 14.8 Å². The molecule has 0 fully saturated rings. The van der Waals surface area contributed by atoms with Gasteiger partial charge in [-0.25, -0.2) is 4.98 Å². The number of anilines is 1. The van der Waals surface area contributed by atoms with Gasteiger partial charge in [-0.05, 0) is 53.9 Å². The highest BCUT2D eigenvalue weighted by atomic mass is 16.3. The van der Waals surface area contributed by atoms with Crippen molar-refractivity contribution < 1.29 is 9.90 Å². The number of Topliss-reactive ketones (excluding diaryl/α,β-unsaturated/α-hetero) is 1. The van der Waals surface area contributed by atoms with Crippen molar-refractivity contribution in [1.29, 1.82) is 5.26 Å². The highest BCUT2D eigenvalue weighted by molar-refractivity contribution is 5.95. The van der Waals surface area contributed by atoms with Gasteiger partial charge >= 0.3 is 0 Å². The second-order valence-corrected chi connectivity index (χ2v) is 8.55. The average Bonchev–Trinajstić information content (AvgIpc) is 3.36.